The van der Waals surface area contributed by atoms with E-state index in [2.05, 4.69) is 28.6 Å². The molecule has 6 nitrogen and oxygen atoms in total. The van der Waals surface area contributed by atoms with E-state index in [-0.39, 0.29) is 0 Å². The molecule has 0 aromatic carbocycles. The van der Waals surface area contributed by atoms with Gasteiger partial charge in [0.15, 0.2) is 0 Å². The van der Waals surface area contributed by atoms with Crippen molar-refractivity contribution in [2.75, 3.05) is 44.2 Å². The Morgan fingerprint density at radius 3 is 2.29 bits per heavy atom. The van der Waals surface area contributed by atoms with Crippen LogP contribution in [-0.4, -0.2) is 67.9 Å². The number of rotatable bonds is 4. The van der Waals surface area contributed by atoms with Crippen LogP contribution in [0, 0.1) is 0 Å². The summed E-state index contributed by atoms with van der Waals surface area (Å²) in [6.45, 7) is 9.16. The minimum atomic E-state index is -3.46. The van der Waals surface area contributed by atoms with Crippen LogP contribution in [0.15, 0.2) is 23.2 Å². The highest BCUT2D eigenvalue weighted by Crippen LogP contribution is 2.28. The van der Waals surface area contributed by atoms with Crippen LogP contribution in [0.4, 0.5) is 5.82 Å². The van der Waals surface area contributed by atoms with Crippen LogP contribution in [0.1, 0.15) is 33.1 Å². The Kier molecular flexibility index (Phi) is 5.42. The van der Waals surface area contributed by atoms with Crippen molar-refractivity contribution in [3.05, 3.63) is 18.3 Å². The third-order valence-corrected chi connectivity index (χ3v) is 6.95. The maximum absolute atomic E-state index is 13.1. The van der Waals surface area contributed by atoms with E-state index in [4.69, 9.17) is 0 Å². The predicted molar refractivity (Wildman–Crippen MR) is 95.8 cm³/mol. The molecule has 2 aliphatic heterocycles. The first-order chi connectivity index (χ1) is 11.5. The molecule has 0 radical (unpaired) electrons. The van der Waals surface area contributed by atoms with E-state index < -0.39 is 10.0 Å². The van der Waals surface area contributed by atoms with Crippen molar-refractivity contribution in [3.63, 3.8) is 0 Å². The molecular weight excluding hydrogens is 324 g/mol. The predicted octanol–water partition coefficient (Wildman–Crippen LogP) is 1.79. The molecule has 2 saturated heterocycles. The number of piperazine rings is 1. The van der Waals surface area contributed by atoms with Crippen molar-refractivity contribution >= 4 is 15.8 Å². The van der Waals surface area contributed by atoms with Crippen molar-refractivity contribution in [3.8, 4) is 0 Å². The summed E-state index contributed by atoms with van der Waals surface area (Å²) >= 11 is 0. The molecule has 0 spiro atoms. The van der Waals surface area contributed by atoms with Crippen LogP contribution in [0.3, 0.4) is 0 Å². The highest BCUT2D eigenvalue weighted by Gasteiger charge is 2.31. The van der Waals surface area contributed by atoms with Crippen molar-refractivity contribution in [2.45, 2.75) is 44.0 Å². The van der Waals surface area contributed by atoms with Crippen LogP contribution in [0.25, 0.3) is 0 Å². The van der Waals surface area contributed by atoms with Gasteiger partial charge in [-0.2, -0.15) is 4.31 Å². The first-order valence-electron chi connectivity index (χ1n) is 8.94. The zero-order chi connectivity index (χ0) is 17.2. The summed E-state index contributed by atoms with van der Waals surface area (Å²) in [4.78, 5) is 9.34. The lowest BCUT2D eigenvalue weighted by Crippen LogP contribution is -2.49. The van der Waals surface area contributed by atoms with Crippen molar-refractivity contribution in [1.29, 1.82) is 0 Å². The number of hydrogen-bond acceptors (Lipinski definition) is 5. The van der Waals surface area contributed by atoms with Crippen molar-refractivity contribution in [2.24, 2.45) is 0 Å². The molecule has 134 valence electrons. The Balaban J connectivity index is 1.83. The Morgan fingerprint density at radius 1 is 1.00 bits per heavy atom. The molecule has 0 N–H and O–H groups in total. The van der Waals surface area contributed by atoms with Gasteiger partial charge < -0.3 is 4.90 Å². The van der Waals surface area contributed by atoms with Gasteiger partial charge >= 0.3 is 0 Å². The molecule has 0 unspecified atom stereocenters. The average molecular weight is 353 g/mol. The quantitative estimate of drug-likeness (QED) is 0.827. The molecule has 0 amide bonds. The highest BCUT2D eigenvalue weighted by molar-refractivity contribution is 7.89. The normalized spacial score (nSPS) is 21.4. The second-order valence-corrected chi connectivity index (χ2v) is 8.81. The molecule has 3 heterocycles. The van der Waals surface area contributed by atoms with Gasteiger partial charge in [0.1, 0.15) is 10.7 Å². The number of hydrogen-bond donors (Lipinski definition) is 0. The van der Waals surface area contributed by atoms with E-state index in [1.807, 2.05) is 0 Å². The number of pyridine rings is 1. The lowest BCUT2D eigenvalue weighted by atomic mass is 10.2. The van der Waals surface area contributed by atoms with Crippen LogP contribution < -0.4 is 4.90 Å². The summed E-state index contributed by atoms with van der Waals surface area (Å²) in [5.41, 5.74) is 0. The topological polar surface area (TPSA) is 56.8 Å². The van der Waals surface area contributed by atoms with E-state index in [1.54, 1.807) is 22.6 Å². The molecule has 0 saturated carbocycles. The fourth-order valence-corrected chi connectivity index (χ4v) is 5.20. The van der Waals surface area contributed by atoms with E-state index in [0.29, 0.717) is 29.8 Å². The molecule has 0 bridgehead atoms. The fraction of sp³-hybridized carbons (Fsp3) is 0.706. The second kappa shape index (κ2) is 7.37. The second-order valence-electron chi connectivity index (χ2n) is 6.91. The maximum atomic E-state index is 13.1. The molecule has 1 aromatic rings. The monoisotopic (exact) mass is 352 g/mol. The van der Waals surface area contributed by atoms with E-state index >= 15 is 0 Å². The summed E-state index contributed by atoms with van der Waals surface area (Å²) in [6, 6.07) is 3.96. The van der Waals surface area contributed by atoms with Gasteiger partial charge in [0.2, 0.25) is 10.0 Å². The number of aromatic nitrogens is 1. The Bertz CT molecular complexity index is 648. The average Bonchev–Trinajstić information content (AvgIpc) is 2.62. The van der Waals surface area contributed by atoms with Gasteiger partial charge in [0.25, 0.3) is 0 Å². The van der Waals surface area contributed by atoms with Crippen LogP contribution >= 0.6 is 0 Å². The van der Waals surface area contributed by atoms with E-state index in [9.17, 15) is 8.42 Å². The summed E-state index contributed by atoms with van der Waals surface area (Å²) in [5, 5.41) is 0. The number of nitrogens with zero attached hydrogens (tertiary/aromatic N) is 4. The fourth-order valence-electron chi connectivity index (χ4n) is 3.52. The third-order valence-electron chi connectivity index (χ3n) is 5.03. The zero-order valence-electron chi connectivity index (χ0n) is 14.7. The molecule has 0 atom stereocenters. The Labute approximate surface area is 145 Å². The van der Waals surface area contributed by atoms with Crippen LogP contribution in [0.2, 0.25) is 0 Å². The lowest BCUT2D eigenvalue weighted by Gasteiger charge is -2.38. The van der Waals surface area contributed by atoms with Gasteiger partial charge in [-0.3, -0.25) is 4.90 Å². The smallest absolute Gasteiger partial charge is 0.246 e. The Hall–Kier alpha value is -1.18. The number of piperidine rings is 1. The minimum absolute atomic E-state index is 0.366. The SMILES string of the molecule is CC(C)N1CCN(c2ncccc2S(=O)(=O)N2CCCCC2)CC1. The van der Waals surface area contributed by atoms with E-state index in [0.717, 1.165) is 45.4 Å². The third kappa shape index (κ3) is 3.58. The minimum Gasteiger partial charge on any atom is -0.353 e. The molecule has 2 fully saturated rings. The largest absolute Gasteiger partial charge is 0.353 e. The summed E-state index contributed by atoms with van der Waals surface area (Å²) in [6.07, 6.45) is 4.70. The first-order valence-corrected chi connectivity index (χ1v) is 10.4. The molecular formula is C17H28N4O2S. The van der Waals surface area contributed by atoms with Gasteiger partial charge in [-0.1, -0.05) is 6.42 Å². The highest BCUT2D eigenvalue weighted by atomic mass is 32.2. The summed E-state index contributed by atoms with van der Waals surface area (Å²) in [5.74, 6) is 0.617. The maximum Gasteiger partial charge on any atom is 0.246 e. The van der Waals surface area contributed by atoms with Gasteiger partial charge in [0, 0.05) is 51.5 Å². The summed E-state index contributed by atoms with van der Waals surface area (Å²) in [7, 11) is -3.46. The van der Waals surface area contributed by atoms with Crippen molar-refractivity contribution < 1.29 is 8.42 Å². The van der Waals surface area contributed by atoms with Crippen molar-refractivity contribution in [1.82, 2.24) is 14.2 Å². The van der Waals surface area contributed by atoms with Crippen LogP contribution in [-0.2, 0) is 10.0 Å². The summed E-state index contributed by atoms with van der Waals surface area (Å²) < 4.78 is 27.8. The van der Waals surface area contributed by atoms with Crippen LogP contribution in [0.5, 0.6) is 0 Å². The van der Waals surface area contributed by atoms with Gasteiger partial charge in [-0.25, -0.2) is 13.4 Å². The lowest BCUT2D eigenvalue weighted by molar-refractivity contribution is 0.208. The molecule has 2 aliphatic rings. The molecule has 1 aromatic heterocycles. The van der Waals surface area contributed by atoms with Gasteiger partial charge in [-0.15, -0.1) is 0 Å². The van der Waals surface area contributed by atoms with Gasteiger partial charge in [-0.05, 0) is 38.8 Å². The first kappa shape index (κ1) is 17.6. The molecule has 7 heteroatoms. The van der Waals surface area contributed by atoms with E-state index in [1.165, 1.54) is 0 Å². The standard InChI is InChI=1S/C17H28N4O2S/c1-15(2)19-11-13-20(14-12-19)17-16(7-6-8-18-17)24(22,23)21-9-4-3-5-10-21/h6-8,15H,3-5,9-14H2,1-2H3. The zero-order valence-corrected chi connectivity index (χ0v) is 15.5. The Morgan fingerprint density at radius 2 is 1.67 bits per heavy atom. The van der Waals surface area contributed by atoms with Gasteiger partial charge in [0.05, 0.1) is 0 Å². The number of sulfonamides is 1. The number of anilines is 1. The molecule has 0 aliphatic carbocycles. The molecule has 3 rings (SSSR count). The molecule has 24 heavy (non-hydrogen) atoms.